The third-order valence-electron chi connectivity index (χ3n) is 3.52. The molecule has 2 aromatic rings. The fraction of sp³-hybridized carbons (Fsp3) is 0.294. The number of aryl methyl sites for hydroxylation is 1. The van der Waals surface area contributed by atoms with Crippen LogP contribution in [0.4, 0.5) is 0 Å². The van der Waals surface area contributed by atoms with Crippen molar-refractivity contribution in [2.24, 2.45) is 0 Å². The maximum atomic E-state index is 12.3. The van der Waals surface area contributed by atoms with Crippen LogP contribution in [0.25, 0.3) is 0 Å². The van der Waals surface area contributed by atoms with E-state index in [1.807, 2.05) is 0 Å². The van der Waals surface area contributed by atoms with Crippen molar-refractivity contribution in [1.82, 2.24) is 4.72 Å². The minimum absolute atomic E-state index is 0.227. The number of methoxy groups -OCH3 is 1. The summed E-state index contributed by atoms with van der Waals surface area (Å²) in [5.74, 6) is 1.89. The summed E-state index contributed by atoms with van der Waals surface area (Å²) in [6.07, 6.45) is 0. The first kappa shape index (κ1) is 20.4. The van der Waals surface area contributed by atoms with Gasteiger partial charge in [-0.15, -0.1) is 0 Å². The predicted molar refractivity (Wildman–Crippen MR) is 106 cm³/mol. The monoisotopic (exact) mass is 419 g/mol. The van der Waals surface area contributed by atoms with Gasteiger partial charge in [-0.2, -0.15) is 11.8 Å². The molecular weight excluding hydrogens is 401 g/mol. The third kappa shape index (κ3) is 5.53. The van der Waals surface area contributed by atoms with Crippen LogP contribution in [0.2, 0.25) is 10.0 Å². The van der Waals surface area contributed by atoms with Crippen LogP contribution < -0.4 is 9.46 Å². The SMILES string of the molecule is COc1ccc(S(=O)(=O)NCCSCc2c(Cl)cccc2Cl)cc1C. The van der Waals surface area contributed by atoms with Crippen molar-refractivity contribution in [1.29, 1.82) is 0 Å². The minimum Gasteiger partial charge on any atom is -0.496 e. The van der Waals surface area contributed by atoms with Crippen LogP contribution >= 0.6 is 35.0 Å². The zero-order valence-electron chi connectivity index (χ0n) is 13.9. The Labute approximate surface area is 162 Å². The third-order valence-corrected chi connectivity index (χ3v) is 6.68. The van der Waals surface area contributed by atoms with E-state index in [4.69, 9.17) is 27.9 Å². The van der Waals surface area contributed by atoms with Crippen LogP contribution in [-0.4, -0.2) is 27.8 Å². The van der Waals surface area contributed by atoms with E-state index in [0.717, 1.165) is 11.1 Å². The van der Waals surface area contributed by atoms with Gasteiger partial charge in [0.15, 0.2) is 0 Å². The molecule has 0 aliphatic heterocycles. The fourth-order valence-electron chi connectivity index (χ4n) is 2.19. The van der Waals surface area contributed by atoms with Crippen LogP contribution in [-0.2, 0) is 15.8 Å². The van der Waals surface area contributed by atoms with Crippen LogP contribution in [0.15, 0.2) is 41.3 Å². The fourth-order valence-corrected chi connectivity index (χ4v) is 5.04. The lowest BCUT2D eigenvalue weighted by molar-refractivity contribution is 0.411. The van der Waals surface area contributed by atoms with Crippen molar-refractivity contribution in [2.45, 2.75) is 17.6 Å². The van der Waals surface area contributed by atoms with Gasteiger partial charge in [-0.25, -0.2) is 13.1 Å². The molecule has 0 radical (unpaired) electrons. The van der Waals surface area contributed by atoms with Gasteiger partial charge in [0, 0.05) is 28.1 Å². The lowest BCUT2D eigenvalue weighted by atomic mass is 10.2. The van der Waals surface area contributed by atoms with Crippen LogP contribution in [0.3, 0.4) is 0 Å². The lowest BCUT2D eigenvalue weighted by Gasteiger charge is -2.10. The number of rotatable bonds is 8. The van der Waals surface area contributed by atoms with Crippen molar-refractivity contribution in [3.05, 3.63) is 57.6 Å². The van der Waals surface area contributed by atoms with Gasteiger partial charge in [-0.1, -0.05) is 29.3 Å². The Morgan fingerprint density at radius 3 is 2.44 bits per heavy atom. The highest BCUT2D eigenvalue weighted by Gasteiger charge is 2.15. The average Bonchev–Trinajstić information content (AvgIpc) is 2.56. The number of sulfonamides is 1. The highest BCUT2D eigenvalue weighted by molar-refractivity contribution is 7.98. The van der Waals surface area contributed by atoms with Crippen molar-refractivity contribution in [2.75, 3.05) is 19.4 Å². The molecule has 0 saturated heterocycles. The summed E-state index contributed by atoms with van der Waals surface area (Å²) in [4.78, 5) is 0.227. The first-order valence-corrected chi connectivity index (χ1v) is 10.9. The molecule has 136 valence electrons. The largest absolute Gasteiger partial charge is 0.496 e. The number of ether oxygens (including phenoxy) is 1. The van der Waals surface area contributed by atoms with E-state index in [9.17, 15) is 8.42 Å². The van der Waals surface area contributed by atoms with E-state index in [-0.39, 0.29) is 4.90 Å². The Hall–Kier alpha value is -0.920. The molecule has 0 aliphatic rings. The second-order valence-corrected chi connectivity index (χ2v) is 8.97. The van der Waals surface area contributed by atoms with Crippen LogP contribution in [0.5, 0.6) is 5.75 Å². The average molecular weight is 420 g/mol. The second kappa shape index (κ2) is 9.14. The normalized spacial score (nSPS) is 11.5. The highest BCUT2D eigenvalue weighted by Crippen LogP contribution is 2.28. The van der Waals surface area contributed by atoms with Gasteiger partial charge in [-0.3, -0.25) is 0 Å². The van der Waals surface area contributed by atoms with Gasteiger partial charge in [0.05, 0.1) is 12.0 Å². The lowest BCUT2D eigenvalue weighted by Crippen LogP contribution is -2.26. The predicted octanol–water partition coefficient (Wildman–Crippen LogP) is 4.52. The molecule has 0 heterocycles. The van der Waals surface area contributed by atoms with Gasteiger partial charge in [0.25, 0.3) is 0 Å². The van der Waals surface area contributed by atoms with Gasteiger partial charge >= 0.3 is 0 Å². The standard InChI is InChI=1S/C17H19Cl2NO3S2/c1-12-10-13(6-7-17(12)23-2)25(21,22)20-8-9-24-11-14-15(18)4-3-5-16(14)19/h3-7,10,20H,8-9,11H2,1-2H3. The summed E-state index contributed by atoms with van der Waals surface area (Å²) < 4.78 is 32.4. The molecule has 0 fully saturated rings. The first-order valence-electron chi connectivity index (χ1n) is 7.50. The Morgan fingerprint density at radius 1 is 1.16 bits per heavy atom. The maximum absolute atomic E-state index is 12.3. The summed E-state index contributed by atoms with van der Waals surface area (Å²) in [5.41, 5.74) is 1.64. The molecule has 0 aliphatic carbocycles. The number of halogens is 2. The molecule has 8 heteroatoms. The van der Waals surface area contributed by atoms with Gasteiger partial charge < -0.3 is 4.74 Å². The zero-order chi connectivity index (χ0) is 18.4. The number of nitrogens with one attached hydrogen (secondary N) is 1. The topological polar surface area (TPSA) is 55.4 Å². The van der Waals surface area contributed by atoms with E-state index in [1.165, 1.54) is 6.07 Å². The molecule has 0 aromatic heterocycles. The van der Waals surface area contributed by atoms with Gasteiger partial charge in [0.1, 0.15) is 5.75 Å². The summed E-state index contributed by atoms with van der Waals surface area (Å²) in [6, 6.07) is 10.2. The Kier molecular flexibility index (Phi) is 7.46. The van der Waals surface area contributed by atoms with E-state index >= 15 is 0 Å². The molecule has 2 rings (SSSR count). The number of benzene rings is 2. The summed E-state index contributed by atoms with van der Waals surface area (Å²) in [6.45, 7) is 2.13. The Balaban J connectivity index is 1.87. The molecule has 0 spiro atoms. The van der Waals surface area contributed by atoms with E-state index in [0.29, 0.717) is 33.8 Å². The molecule has 2 aromatic carbocycles. The molecule has 0 saturated carbocycles. The molecule has 0 atom stereocenters. The van der Waals surface area contributed by atoms with Crippen molar-refractivity contribution in [3.63, 3.8) is 0 Å². The minimum atomic E-state index is -3.54. The number of thioether (sulfide) groups is 1. The Morgan fingerprint density at radius 2 is 1.84 bits per heavy atom. The molecule has 0 amide bonds. The highest BCUT2D eigenvalue weighted by atomic mass is 35.5. The smallest absolute Gasteiger partial charge is 0.240 e. The summed E-state index contributed by atoms with van der Waals surface area (Å²) >= 11 is 13.8. The van der Waals surface area contributed by atoms with Crippen molar-refractivity contribution in [3.8, 4) is 5.75 Å². The van der Waals surface area contributed by atoms with E-state index < -0.39 is 10.0 Å². The van der Waals surface area contributed by atoms with Crippen LogP contribution in [0, 0.1) is 6.92 Å². The molecule has 0 bridgehead atoms. The molecule has 1 N–H and O–H groups in total. The molecule has 4 nitrogen and oxygen atoms in total. The molecule has 0 unspecified atom stereocenters. The maximum Gasteiger partial charge on any atom is 0.240 e. The summed E-state index contributed by atoms with van der Waals surface area (Å²) in [7, 11) is -1.99. The molecular formula is C17H19Cl2NO3S2. The zero-order valence-corrected chi connectivity index (χ0v) is 17.0. The van der Waals surface area contributed by atoms with Crippen LogP contribution in [0.1, 0.15) is 11.1 Å². The van der Waals surface area contributed by atoms with Gasteiger partial charge in [-0.05, 0) is 48.4 Å². The Bertz CT molecular complexity index is 822. The van der Waals surface area contributed by atoms with Gasteiger partial charge in [0.2, 0.25) is 10.0 Å². The van der Waals surface area contributed by atoms with E-state index in [2.05, 4.69) is 4.72 Å². The summed E-state index contributed by atoms with van der Waals surface area (Å²) in [5, 5.41) is 1.24. The first-order chi connectivity index (χ1) is 11.8. The van der Waals surface area contributed by atoms with Crippen molar-refractivity contribution < 1.29 is 13.2 Å². The van der Waals surface area contributed by atoms with Crippen molar-refractivity contribution >= 4 is 45.0 Å². The second-order valence-electron chi connectivity index (χ2n) is 5.28. The number of hydrogen-bond acceptors (Lipinski definition) is 4. The quantitative estimate of drug-likeness (QED) is 0.638. The molecule has 25 heavy (non-hydrogen) atoms. The van der Waals surface area contributed by atoms with E-state index in [1.54, 1.807) is 56.1 Å². The number of hydrogen-bond donors (Lipinski definition) is 1.